The van der Waals surface area contributed by atoms with Gasteiger partial charge in [0.2, 0.25) is 0 Å². The number of alkyl halides is 3. The molecule has 0 aliphatic heterocycles. The van der Waals surface area contributed by atoms with Gasteiger partial charge < -0.3 is 8.92 Å². The first-order valence-electron chi connectivity index (χ1n) is 10.8. The Bertz CT molecular complexity index is 1150. The molecule has 1 unspecified atom stereocenters. The van der Waals surface area contributed by atoms with Crippen LogP contribution in [0.15, 0.2) is 136 Å². The molecule has 0 amide bonds. The second kappa shape index (κ2) is 9.98. The van der Waals surface area contributed by atoms with E-state index in [0.717, 1.165) is 7.11 Å². The van der Waals surface area contributed by atoms with Gasteiger partial charge in [0.25, 0.3) is 5.60 Å². The summed E-state index contributed by atoms with van der Waals surface area (Å²) in [7, 11) is -2.06. The Labute approximate surface area is 203 Å². The summed E-state index contributed by atoms with van der Waals surface area (Å²) >= 11 is 0. The minimum absolute atomic E-state index is 0.359. The fraction of sp³-hybridized carbons (Fsp3) is 0.107. The molecule has 0 saturated heterocycles. The van der Waals surface area contributed by atoms with Crippen molar-refractivity contribution in [3.63, 3.8) is 0 Å². The van der Waals surface area contributed by atoms with Crippen molar-refractivity contribution < 1.29 is 26.9 Å². The molecule has 0 spiro atoms. The highest BCUT2D eigenvalue weighted by molar-refractivity contribution is 8.30. The first-order valence-corrected chi connectivity index (χ1v) is 12.3. The number of benzene rings is 4. The highest BCUT2D eigenvalue weighted by Crippen LogP contribution is 2.70. The largest absolute Gasteiger partial charge is 0.432 e. The van der Waals surface area contributed by atoms with Crippen molar-refractivity contribution in [3.8, 4) is 0 Å². The SMILES string of the molecule is COC(C(=O)OS(c1ccccc1)(c1ccccc1)c1ccccc1)(c1ccccc1)C(F)(F)F. The van der Waals surface area contributed by atoms with Crippen molar-refractivity contribution in [1.29, 1.82) is 0 Å². The van der Waals surface area contributed by atoms with Crippen LogP contribution in [0, 0.1) is 0 Å². The molecule has 7 heteroatoms. The van der Waals surface area contributed by atoms with Crippen LogP contribution in [-0.4, -0.2) is 19.3 Å². The van der Waals surface area contributed by atoms with Crippen LogP contribution in [0.3, 0.4) is 0 Å². The van der Waals surface area contributed by atoms with E-state index in [1.165, 1.54) is 24.3 Å². The van der Waals surface area contributed by atoms with Gasteiger partial charge in [0.05, 0.1) is 0 Å². The lowest BCUT2D eigenvalue weighted by Gasteiger charge is -2.43. The summed E-state index contributed by atoms with van der Waals surface area (Å²) in [5.41, 5.74) is -3.67. The monoisotopic (exact) mass is 496 g/mol. The van der Waals surface area contributed by atoms with E-state index in [-0.39, 0.29) is 5.56 Å². The van der Waals surface area contributed by atoms with E-state index in [4.69, 9.17) is 8.92 Å². The van der Waals surface area contributed by atoms with Gasteiger partial charge in [-0.1, -0.05) is 84.9 Å². The van der Waals surface area contributed by atoms with E-state index in [9.17, 15) is 18.0 Å². The zero-order chi connectivity index (χ0) is 24.9. The van der Waals surface area contributed by atoms with Gasteiger partial charge in [-0.25, -0.2) is 4.79 Å². The molecule has 0 fully saturated rings. The minimum atomic E-state index is -5.09. The van der Waals surface area contributed by atoms with Crippen LogP contribution in [0.1, 0.15) is 5.56 Å². The predicted octanol–water partition coefficient (Wildman–Crippen LogP) is 7.53. The molecule has 0 bridgehead atoms. The zero-order valence-corrected chi connectivity index (χ0v) is 19.6. The average Bonchev–Trinajstić information content (AvgIpc) is 2.89. The first-order chi connectivity index (χ1) is 16.9. The van der Waals surface area contributed by atoms with Crippen molar-refractivity contribution in [3.05, 3.63) is 127 Å². The Hall–Kier alpha value is -3.55. The van der Waals surface area contributed by atoms with Crippen molar-refractivity contribution >= 4 is 16.3 Å². The molecule has 4 rings (SSSR count). The van der Waals surface area contributed by atoms with Crippen LogP contribution in [0.25, 0.3) is 0 Å². The summed E-state index contributed by atoms with van der Waals surface area (Å²) in [6.45, 7) is 0. The minimum Gasteiger partial charge on any atom is -0.399 e. The Morgan fingerprint density at radius 1 is 0.629 bits per heavy atom. The van der Waals surface area contributed by atoms with Gasteiger partial charge in [0.1, 0.15) is 0 Å². The van der Waals surface area contributed by atoms with Gasteiger partial charge in [-0.15, -0.1) is 0 Å². The molecule has 0 radical (unpaired) electrons. The van der Waals surface area contributed by atoms with Crippen LogP contribution in [-0.2, 0) is 19.3 Å². The summed E-state index contributed by atoms with van der Waals surface area (Å²) in [5, 5.41) is 0. The van der Waals surface area contributed by atoms with Crippen molar-refractivity contribution in [2.24, 2.45) is 0 Å². The molecule has 180 valence electrons. The summed E-state index contributed by atoms with van der Waals surface area (Å²) in [6.07, 6.45) is -5.09. The lowest BCUT2D eigenvalue weighted by molar-refractivity contribution is -0.272. The lowest BCUT2D eigenvalue weighted by atomic mass is 9.93. The van der Waals surface area contributed by atoms with E-state index < -0.39 is 28.1 Å². The van der Waals surface area contributed by atoms with E-state index in [1.54, 1.807) is 97.1 Å². The van der Waals surface area contributed by atoms with Gasteiger partial charge in [0.15, 0.2) is 0 Å². The summed E-state index contributed by atoms with van der Waals surface area (Å²) in [5.74, 6) is -1.54. The average molecular weight is 497 g/mol. The number of rotatable bonds is 7. The molecular formula is C28H23F3O3S. The van der Waals surface area contributed by atoms with E-state index in [1.807, 2.05) is 0 Å². The number of ether oxygens (including phenoxy) is 1. The molecule has 1 atom stereocenters. The summed E-state index contributed by atoms with van der Waals surface area (Å²) in [4.78, 5) is 15.6. The number of halogens is 3. The molecule has 0 N–H and O–H groups in total. The molecule has 3 nitrogen and oxygen atoms in total. The summed E-state index contributed by atoms with van der Waals surface area (Å²) in [6, 6.07) is 33.4. The van der Waals surface area contributed by atoms with Gasteiger partial charge in [-0.2, -0.15) is 13.2 Å². The molecule has 0 saturated carbocycles. The number of carbonyl (C=O) groups is 1. The van der Waals surface area contributed by atoms with Gasteiger partial charge in [-0.3, -0.25) is 0 Å². The van der Waals surface area contributed by atoms with E-state index in [2.05, 4.69) is 0 Å². The van der Waals surface area contributed by atoms with E-state index >= 15 is 0 Å². The molecule has 4 aromatic rings. The Balaban J connectivity index is 2.00. The third-order valence-corrected chi connectivity index (χ3v) is 8.81. The van der Waals surface area contributed by atoms with Gasteiger partial charge in [0, 0.05) is 27.4 Å². The van der Waals surface area contributed by atoms with Crippen molar-refractivity contribution in [2.75, 3.05) is 7.11 Å². The normalized spacial score (nSPS) is 14.1. The van der Waals surface area contributed by atoms with Crippen molar-refractivity contribution in [1.82, 2.24) is 0 Å². The Kier molecular flexibility index (Phi) is 7.00. The Morgan fingerprint density at radius 3 is 1.29 bits per heavy atom. The highest BCUT2D eigenvalue weighted by Gasteiger charge is 2.65. The smallest absolute Gasteiger partial charge is 0.399 e. The maximum atomic E-state index is 14.7. The van der Waals surface area contributed by atoms with Gasteiger partial charge in [-0.05, 0) is 46.7 Å². The molecular weight excluding hydrogens is 473 g/mol. The highest BCUT2D eigenvalue weighted by atomic mass is 32.3. The number of methoxy groups -OCH3 is 1. The number of carbonyl (C=O) groups excluding carboxylic acids is 1. The molecule has 0 aliphatic rings. The molecule has 0 aromatic heterocycles. The van der Waals surface area contributed by atoms with Crippen molar-refractivity contribution in [2.45, 2.75) is 26.5 Å². The van der Waals surface area contributed by atoms with Crippen LogP contribution in [0.4, 0.5) is 13.2 Å². The standard InChI is InChI=1S/C28H23F3O3S/c1-33-27(28(29,30)31,22-14-6-2-7-15-22)26(32)34-35(23-16-8-3-9-17-23,24-18-10-4-11-19-24)25-20-12-5-13-21-25/h2-21H,1H3. The van der Waals surface area contributed by atoms with Crippen LogP contribution in [0.5, 0.6) is 0 Å². The maximum Gasteiger partial charge on any atom is 0.432 e. The fourth-order valence-electron chi connectivity index (χ4n) is 3.95. The number of hydrogen-bond acceptors (Lipinski definition) is 3. The van der Waals surface area contributed by atoms with Gasteiger partial charge >= 0.3 is 12.1 Å². The lowest BCUT2D eigenvalue weighted by Crippen LogP contribution is -2.51. The second-order valence-corrected chi connectivity index (χ2v) is 10.3. The quantitative estimate of drug-likeness (QED) is 0.265. The molecule has 4 aromatic carbocycles. The third-order valence-electron chi connectivity index (χ3n) is 5.60. The predicted molar refractivity (Wildman–Crippen MR) is 129 cm³/mol. The fourth-order valence-corrected chi connectivity index (χ4v) is 7.02. The van der Waals surface area contributed by atoms with Crippen LogP contribution >= 0.6 is 10.3 Å². The maximum absolute atomic E-state index is 14.7. The number of hydrogen-bond donors (Lipinski definition) is 0. The molecule has 35 heavy (non-hydrogen) atoms. The van der Waals surface area contributed by atoms with Crippen LogP contribution in [0.2, 0.25) is 0 Å². The first kappa shape index (κ1) is 24.6. The van der Waals surface area contributed by atoms with Crippen LogP contribution < -0.4 is 0 Å². The molecule has 0 aliphatic carbocycles. The van der Waals surface area contributed by atoms with E-state index in [0.29, 0.717) is 14.7 Å². The summed E-state index contributed by atoms with van der Waals surface area (Å²) < 4.78 is 55.2. The zero-order valence-electron chi connectivity index (χ0n) is 18.8. The molecule has 0 heterocycles. The third kappa shape index (κ3) is 4.33. The topological polar surface area (TPSA) is 35.5 Å². The Morgan fingerprint density at radius 2 is 0.971 bits per heavy atom. The second-order valence-electron chi connectivity index (χ2n) is 7.62.